The molecule has 0 aliphatic heterocycles. The van der Waals surface area contributed by atoms with E-state index in [4.69, 9.17) is 21.2 Å². The molecule has 21 heavy (non-hydrogen) atoms. The lowest BCUT2D eigenvalue weighted by Crippen LogP contribution is -2.28. The fourth-order valence-electron chi connectivity index (χ4n) is 1.63. The zero-order valence-electron chi connectivity index (χ0n) is 11.0. The number of benzene rings is 1. The number of hydrogen-bond donors (Lipinski definition) is 3. The lowest BCUT2D eigenvalue weighted by molar-refractivity contribution is 0.0697. The summed E-state index contributed by atoms with van der Waals surface area (Å²) < 4.78 is 4.94. The van der Waals surface area contributed by atoms with Gasteiger partial charge in [0.25, 0.3) is 0 Å². The highest BCUT2D eigenvalue weighted by atomic mass is 35.5. The molecule has 8 heteroatoms. The number of nitrogens with one attached hydrogen (secondary N) is 2. The molecule has 2 rings (SSSR count). The molecule has 0 unspecified atom stereocenters. The first-order valence-corrected chi connectivity index (χ1v) is 6.33. The first kappa shape index (κ1) is 14.9. The summed E-state index contributed by atoms with van der Waals surface area (Å²) in [6.45, 7) is 1.94. The van der Waals surface area contributed by atoms with E-state index in [9.17, 15) is 9.59 Å². The molecule has 1 aromatic carbocycles. The zero-order valence-corrected chi connectivity index (χ0v) is 11.8. The lowest BCUT2D eigenvalue weighted by atomic mass is 10.2. The van der Waals surface area contributed by atoms with Crippen LogP contribution in [-0.4, -0.2) is 22.3 Å². The van der Waals surface area contributed by atoms with Crippen LogP contribution in [0.15, 0.2) is 28.8 Å². The van der Waals surface area contributed by atoms with E-state index >= 15 is 0 Å². The SMILES string of the molecule is Cc1cc(CNC(=O)Nc2cc(Cl)cc(C(=O)O)c2)on1. The largest absolute Gasteiger partial charge is 0.478 e. The van der Waals surface area contributed by atoms with E-state index < -0.39 is 12.0 Å². The van der Waals surface area contributed by atoms with Crippen LogP contribution in [-0.2, 0) is 6.54 Å². The Balaban J connectivity index is 1.97. The van der Waals surface area contributed by atoms with Crippen molar-refractivity contribution in [2.24, 2.45) is 0 Å². The van der Waals surface area contributed by atoms with Crippen LogP contribution in [0, 0.1) is 6.92 Å². The van der Waals surface area contributed by atoms with Crippen LogP contribution in [0.2, 0.25) is 5.02 Å². The van der Waals surface area contributed by atoms with Crippen LogP contribution in [0.25, 0.3) is 0 Å². The van der Waals surface area contributed by atoms with E-state index in [1.807, 2.05) is 0 Å². The molecule has 0 spiro atoms. The maximum Gasteiger partial charge on any atom is 0.335 e. The van der Waals surface area contributed by atoms with Gasteiger partial charge in [-0.3, -0.25) is 0 Å². The summed E-state index contributed by atoms with van der Waals surface area (Å²) in [7, 11) is 0. The topological polar surface area (TPSA) is 104 Å². The second kappa shape index (κ2) is 6.27. The number of carboxylic acid groups (broad SMARTS) is 1. The van der Waals surface area contributed by atoms with Crippen LogP contribution in [0.1, 0.15) is 21.8 Å². The maximum absolute atomic E-state index is 11.7. The number of carbonyl (C=O) groups excluding carboxylic acids is 1. The number of rotatable bonds is 4. The van der Waals surface area contributed by atoms with Crippen molar-refractivity contribution in [1.82, 2.24) is 10.5 Å². The van der Waals surface area contributed by atoms with Crippen LogP contribution < -0.4 is 10.6 Å². The molecular formula is C13H12ClN3O4. The Morgan fingerprint density at radius 2 is 2.10 bits per heavy atom. The van der Waals surface area contributed by atoms with Crippen molar-refractivity contribution in [1.29, 1.82) is 0 Å². The van der Waals surface area contributed by atoms with Gasteiger partial charge < -0.3 is 20.3 Å². The molecule has 3 N–H and O–H groups in total. The van der Waals surface area contributed by atoms with Crippen molar-refractivity contribution < 1.29 is 19.2 Å². The number of urea groups is 1. The molecule has 0 atom stereocenters. The Morgan fingerprint density at radius 1 is 1.33 bits per heavy atom. The zero-order chi connectivity index (χ0) is 15.4. The van der Waals surface area contributed by atoms with Crippen LogP contribution in [0.3, 0.4) is 0 Å². The molecule has 2 aromatic rings. The minimum absolute atomic E-state index is 0.0105. The summed E-state index contributed by atoms with van der Waals surface area (Å²) in [5.74, 6) is -0.613. The molecular weight excluding hydrogens is 298 g/mol. The Bertz CT molecular complexity index is 684. The van der Waals surface area contributed by atoms with Gasteiger partial charge in [0.1, 0.15) is 0 Å². The average molecular weight is 310 g/mol. The van der Waals surface area contributed by atoms with E-state index in [-0.39, 0.29) is 22.8 Å². The molecule has 2 amide bonds. The average Bonchev–Trinajstić information content (AvgIpc) is 2.81. The highest BCUT2D eigenvalue weighted by Crippen LogP contribution is 2.19. The monoisotopic (exact) mass is 309 g/mol. The molecule has 110 valence electrons. The summed E-state index contributed by atoms with van der Waals surface area (Å²) in [6.07, 6.45) is 0. The van der Waals surface area contributed by atoms with Crippen LogP contribution in [0.5, 0.6) is 0 Å². The molecule has 0 fully saturated rings. The number of carbonyl (C=O) groups is 2. The van der Waals surface area contributed by atoms with E-state index in [2.05, 4.69) is 15.8 Å². The number of anilines is 1. The number of amides is 2. The van der Waals surface area contributed by atoms with Gasteiger partial charge in [-0.1, -0.05) is 16.8 Å². The fraction of sp³-hybridized carbons (Fsp3) is 0.154. The standard InChI is InChI=1S/C13H12ClN3O4/c1-7-2-11(21-17-7)6-15-13(20)16-10-4-8(12(18)19)3-9(14)5-10/h2-5H,6H2,1H3,(H,18,19)(H2,15,16,20). The molecule has 0 aliphatic carbocycles. The van der Waals surface area contributed by atoms with E-state index in [0.717, 1.165) is 0 Å². The summed E-state index contributed by atoms with van der Waals surface area (Å²) in [4.78, 5) is 22.6. The smallest absolute Gasteiger partial charge is 0.335 e. The first-order valence-electron chi connectivity index (χ1n) is 5.95. The third-order valence-electron chi connectivity index (χ3n) is 2.50. The molecule has 0 aliphatic rings. The van der Waals surface area contributed by atoms with Gasteiger partial charge in [-0.15, -0.1) is 0 Å². The molecule has 0 bridgehead atoms. The Kier molecular flexibility index (Phi) is 4.44. The highest BCUT2D eigenvalue weighted by molar-refractivity contribution is 6.31. The van der Waals surface area contributed by atoms with E-state index in [1.165, 1.54) is 18.2 Å². The summed E-state index contributed by atoms with van der Waals surface area (Å²) >= 11 is 5.79. The first-order chi connectivity index (χ1) is 9.94. The van der Waals surface area contributed by atoms with Crippen molar-refractivity contribution in [2.75, 3.05) is 5.32 Å². The number of halogens is 1. The van der Waals surface area contributed by atoms with Crippen molar-refractivity contribution >= 4 is 29.3 Å². The molecule has 1 heterocycles. The van der Waals surface area contributed by atoms with Gasteiger partial charge >= 0.3 is 12.0 Å². The minimum atomic E-state index is -1.13. The van der Waals surface area contributed by atoms with Gasteiger partial charge in [0.15, 0.2) is 5.76 Å². The maximum atomic E-state index is 11.7. The number of nitrogens with zero attached hydrogens (tertiary/aromatic N) is 1. The van der Waals surface area contributed by atoms with Gasteiger partial charge in [0, 0.05) is 16.8 Å². The van der Waals surface area contributed by atoms with Crippen molar-refractivity contribution in [3.05, 3.63) is 46.3 Å². The normalized spacial score (nSPS) is 10.2. The predicted molar refractivity (Wildman–Crippen MR) is 75.5 cm³/mol. The Morgan fingerprint density at radius 3 is 2.71 bits per heavy atom. The molecule has 7 nitrogen and oxygen atoms in total. The Labute approximate surface area is 124 Å². The molecule has 0 saturated carbocycles. The third kappa shape index (κ3) is 4.22. The number of hydrogen-bond acceptors (Lipinski definition) is 4. The summed E-state index contributed by atoms with van der Waals surface area (Å²) in [5.41, 5.74) is 0.989. The van der Waals surface area contributed by atoms with E-state index in [0.29, 0.717) is 11.5 Å². The predicted octanol–water partition coefficient (Wildman–Crippen LogP) is 2.66. The van der Waals surface area contributed by atoms with Gasteiger partial charge in [0.2, 0.25) is 0 Å². The minimum Gasteiger partial charge on any atom is -0.478 e. The van der Waals surface area contributed by atoms with Gasteiger partial charge in [0.05, 0.1) is 17.8 Å². The quantitative estimate of drug-likeness (QED) is 0.805. The summed E-state index contributed by atoms with van der Waals surface area (Å²) in [5, 5.41) is 17.9. The summed E-state index contributed by atoms with van der Waals surface area (Å²) in [6, 6.07) is 5.24. The Hall–Kier alpha value is -2.54. The van der Waals surface area contributed by atoms with Gasteiger partial charge in [-0.05, 0) is 25.1 Å². The van der Waals surface area contributed by atoms with Gasteiger partial charge in [-0.2, -0.15) is 0 Å². The number of aryl methyl sites for hydroxylation is 1. The fourth-order valence-corrected chi connectivity index (χ4v) is 1.86. The number of carboxylic acids is 1. The van der Waals surface area contributed by atoms with Gasteiger partial charge in [-0.25, -0.2) is 9.59 Å². The van der Waals surface area contributed by atoms with Crippen LogP contribution in [0.4, 0.5) is 10.5 Å². The molecule has 1 aromatic heterocycles. The van der Waals surface area contributed by atoms with Crippen LogP contribution >= 0.6 is 11.6 Å². The van der Waals surface area contributed by atoms with Crippen molar-refractivity contribution in [2.45, 2.75) is 13.5 Å². The third-order valence-corrected chi connectivity index (χ3v) is 2.72. The number of aromatic carboxylic acids is 1. The second-order valence-electron chi connectivity index (χ2n) is 4.28. The highest BCUT2D eigenvalue weighted by Gasteiger charge is 2.09. The second-order valence-corrected chi connectivity index (χ2v) is 4.71. The lowest BCUT2D eigenvalue weighted by Gasteiger charge is -2.07. The molecule has 0 saturated heterocycles. The number of aromatic nitrogens is 1. The van der Waals surface area contributed by atoms with Crippen molar-refractivity contribution in [3.63, 3.8) is 0 Å². The molecule has 0 radical (unpaired) electrons. The van der Waals surface area contributed by atoms with E-state index in [1.54, 1.807) is 13.0 Å². The van der Waals surface area contributed by atoms with Crippen molar-refractivity contribution in [3.8, 4) is 0 Å².